The predicted molar refractivity (Wildman–Crippen MR) is 75.4 cm³/mol. The first-order valence-electron chi connectivity index (χ1n) is 6.35. The number of hydrogen-bond acceptors (Lipinski definition) is 1. The van der Waals surface area contributed by atoms with Crippen LogP contribution >= 0.6 is 0 Å². The number of nitrogens with zero attached hydrogens (tertiary/aromatic N) is 3. The van der Waals surface area contributed by atoms with Crippen molar-refractivity contribution >= 4 is 0 Å². The molecule has 0 bridgehead atoms. The third-order valence-electron chi connectivity index (χ3n) is 2.82. The number of rotatable bonds is 4. The van der Waals surface area contributed by atoms with Crippen LogP contribution in [0, 0.1) is 18.8 Å². The van der Waals surface area contributed by atoms with Crippen molar-refractivity contribution in [2.75, 3.05) is 6.54 Å². The zero-order valence-electron chi connectivity index (χ0n) is 11.3. The molecule has 94 valence electrons. The van der Waals surface area contributed by atoms with E-state index in [1.165, 1.54) is 16.7 Å². The van der Waals surface area contributed by atoms with Gasteiger partial charge in [0.2, 0.25) is 0 Å². The van der Waals surface area contributed by atoms with Gasteiger partial charge in [0.05, 0.1) is 0 Å². The average Bonchev–Trinajstić information content (AvgIpc) is 2.39. The van der Waals surface area contributed by atoms with E-state index in [4.69, 9.17) is 5.53 Å². The first kappa shape index (κ1) is 14.2. The third kappa shape index (κ3) is 3.84. The van der Waals surface area contributed by atoms with Crippen molar-refractivity contribution < 1.29 is 0 Å². The Labute approximate surface area is 109 Å². The highest BCUT2D eigenvalue weighted by Gasteiger charge is 2.04. The van der Waals surface area contributed by atoms with Crippen LogP contribution in [-0.4, -0.2) is 6.54 Å². The average molecular weight is 241 g/mol. The van der Waals surface area contributed by atoms with Crippen LogP contribution in [-0.2, 0) is 12.8 Å². The molecular weight excluding hydrogens is 222 g/mol. The zero-order chi connectivity index (χ0) is 13.4. The van der Waals surface area contributed by atoms with Gasteiger partial charge in [-0.05, 0) is 36.4 Å². The van der Waals surface area contributed by atoms with Crippen LogP contribution in [0.2, 0.25) is 0 Å². The molecule has 1 aromatic rings. The first-order chi connectivity index (χ1) is 8.72. The molecule has 0 heterocycles. The fourth-order valence-electron chi connectivity index (χ4n) is 1.96. The van der Waals surface area contributed by atoms with Gasteiger partial charge in [-0.25, -0.2) is 0 Å². The van der Waals surface area contributed by atoms with E-state index in [2.05, 4.69) is 54.8 Å². The minimum absolute atomic E-state index is 0.443. The molecule has 0 N–H and O–H groups in total. The summed E-state index contributed by atoms with van der Waals surface area (Å²) in [6.07, 6.45) is 2.61. The third-order valence-corrected chi connectivity index (χ3v) is 2.82. The second-order valence-corrected chi connectivity index (χ2v) is 4.17. The lowest BCUT2D eigenvalue weighted by atomic mass is 9.95. The van der Waals surface area contributed by atoms with Crippen LogP contribution in [0.3, 0.4) is 0 Å². The Morgan fingerprint density at radius 1 is 1.22 bits per heavy atom. The Hall–Kier alpha value is -1.91. The van der Waals surface area contributed by atoms with E-state index in [0.717, 1.165) is 18.4 Å². The maximum Gasteiger partial charge on any atom is 0.0367 e. The van der Waals surface area contributed by atoms with Gasteiger partial charge >= 0.3 is 0 Å². The highest BCUT2D eigenvalue weighted by atomic mass is 15.1. The van der Waals surface area contributed by atoms with Crippen molar-refractivity contribution in [1.29, 1.82) is 0 Å². The molecule has 0 unspecified atom stereocenters. The molecule has 3 heteroatoms. The summed E-state index contributed by atoms with van der Waals surface area (Å²) < 4.78 is 0. The van der Waals surface area contributed by atoms with Crippen molar-refractivity contribution in [2.45, 2.75) is 40.0 Å². The molecule has 0 saturated heterocycles. The fraction of sp³-hybridized carbons (Fsp3) is 0.467. The molecule has 0 saturated carbocycles. The zero-order valence-corrected chi connectivity index (χ0v) is 11.3. The summed E-state index contributed by atoms with van der Waals surface area (Å²) >= 11 is 0. The Balaban J connectivity index is 3.01. The van der Waals surface area contributed by atoms with Crippen LogP contribution in [0.25, 0.3) is 10.4 Å². The van der Waals surface area contributed by atoms with E-state index in [1.54, 1.807) is 0 Å². The van der Waals surface area contributed by atoms with Gasteiger partial charge in [-0.1, -0.05) is 48.5 Å². The molecule has 0 radical (unpaired) electrons. The second-order valence-electron chi connectivity index (χ2n) is 4.17. The van der Waals surface area contributed by atoms with Gasteiger partial charge in [-0.15, -0.1) is 0 Å². The van der Waals surface area contributed by atoms with Gasteiger partial charge in [0.1, 0.15) is 0 Å². The Morgan fingerprint density at radius 3 is 2.33 bits per heavy atom. The number of azide groups is 1. The molecule has 0 spiro atoms. The maximum atomic E-state index is 8.19. The Kier molecular flexibility index (Phi) is 5.84. The van der Waals surface area contributed by atoms with Crippen LogP contribution < -0.4 is 0 Å². The lowest BCUT2D eigenvalue weighted by Crippen LogP contribution is -1.96. The molecule has 0 aliphatic heterocycles. The summed E-state index contributed by atoms with van der Waals surface area (Å²) in [6, 6.07) is 4.41. The SMILES string of the molecule is CCc1cc(C)cc(CC)c1C#CCCN=[N+]=[N-]. The van der Waals surface area contributed by atoms with E-state index >= 15 is 0 Å². The van der Waals surface area contributed by atoms with Crippen LogP contribution in [0.5, 0.6) is 0 Å². The van der Waals surface area contributed by atoms with Gasteiger partial charge in [0, 0.05) is 23.4 Å². The number of benzene rings is 1. The summed E-state index contributed by atoms with van der Waals surface area (Å²) in [5.74, 6) is 6.33. The van der Waals surface area contributed by atoms with Gasteiger partial charge < -0.3 is 0 Å². The van der Waals surface area contributed by atoms with Crippen molar-refractivity contribution in [3.8, 4) is 11.8 Å². The lowest BCUT2D eigenvalue weighted by Gasteiger charge is -2.09. The highest BCUT2D eigenvalue weighted by Crippen LogP contribution is 2.18. The van der Waals surface area contributed by atoms with E-state index in [-0.39, 0.29) is 0 Å². The minimum atomic E-state index is 0.443. The molecule has 18 heavy (non-hydrogen) atoms. The maximum absolute atomic E-state index is 8.19. The number of aryl methyl sites for hydroxylation is 3. The molecular formula is C15H19N3. The fourth-order valence-corrected chi connectivity index (χ4v) is 1.96. The van der Waals surface area contributed by atoms with E-state index in [9.17, 15) is 0 Å². The predicted octanol–water partition coefficient (Wildman–Crippen LogP) is 4.17. The summed E-state index contributed by atoms with van der Waals surface area (Å²) in [5.41, 5.74) is 13.3. The molecule has 0 aromatic heterocycles. The normalized spacial score (nSPS) is 9.28. The molecule has 1 aromatic carbocycles. The molecule has 3 nitrogen and oxygen atoms in total. The quantitative estimate of drug-likeness (QED) is 0.250. The van der Waals surface area contributed by atoms with Crippen LogP contribution in [0.15, 0.2) is 17.2 Å². The largest absolute Gasteiger partial charge is 0.0977 e. The molecule has 0 amide bonds. The van der Waals surface area contributed by atoms with Crippen molar-refractivity contribution in [2.24, 2.45) is 5.11 Å². The monoisotopic (exact) mass is 241 g/mol. The summed E-state index contributed by atoms with van der Waals surface area (Å²) in [5, 5.41) is 3.48. The van der Waals surface area contributed by atoms with Crippen molar-refractivity contribution in [1.82, 2.24) is 0 Å². The Bertz CT molecular complexity index is 489. The van der Waals surface area contributed by atoms with Crippen molar-refractivity contribution in [3.05, 3.63) is 44.8 Å². The minimum Gasteiger partial charge on any atom is -0.0977 e. The molecule has 0 fully saturated rings. The van der Waals surface area contributed by atoms with Crippen LogP contribution in [0.4, 0.5) is 0 Å². The van der Waals surface area contributed by atoms with Crippen LogP contribution in [0.1, 0.15) is 42.5 Å². The lowest BCUT2D eigenvalue weighted by molar-refractivity contribution is 1.01. The highest BCUT2D eigenvalue weighted by molar-refractivity contribution is 5.49. The number of hydrogen-bond donors (Lipinski definition) is 0. The topological polar surface area (TPSA) is 48.8 Å². The smallest absolute Gasteiger partial charge is 0.0367 e. The summed E-state index contributed by atoms with van der Waals surface area (Å²) in [7, 11) is 0. The standard InChI is InChI=1S/C15H19N3/c1-4-13-10-12(3)11-14(5-2)15(13)8-6-7-9-17-18-16/h10-11H,4-5,7,9H2,1-3H3. The summed E-state index contributed by atoms with van der Waals surface area (Å²) in [4.78, 5) is 2.72. The molecule has 0 aliphatic rings. The van der Waals surface area contributed by atoms with Gasteiger partial charge in [-0.2, -0.15) is 0 Å². The second kappa shape index (κ2) is 7.42. The molecule has 0 atom stereocenters. The molecule has 0 aliphatic carbocycles. The van der Waals surface area contributed by atoms with Gasteiger partial charge in [-0.3, -0.25) is 0 Å². The Morgan fingerprint density at radius 2 is 1.83 bits per heavy atom. The van der Waals surface area contributed by atoms with E-state index in [0.29, 0.717) is 13.0 Å². The molecule has 1 rings (SSSR count). The van der Waals surface area contributed by atoms with E-state index in [1.807, 2.05) is 0 Å². The van der Waals surface area contributed by atoms with Crippen molar-refractivity contribution in [3.63, 3.8) is 0 Å². The first-order valence-corrected chi connectivity index (χ1v) is 6.35. The summed E-state index contributed by atoms with van der Waals surface area (Å²) in [6.45, 7) is 6.87. The van der Waals surface area contributed by atoms with Gasteiger partial charge in [0.15, 0.2) is 0 Å². The van der Waals surface area contributed by atoms with Gasteiger partial charge in [0.25, 0.3) is 0 Å². The van der Waals surface area contributed by atoms with E-state index < -0.39 is 0 Å².